The largest absolute Gasteiger partial charge is 0.462 e. The summed E-state index contributed by atoms with van der Waals surface area (Å²) >= 11 is 0. The number of nitrogen functional groups attached to an aromatic ring is 1. The molecule has 0 radical (unpaired) electrons. The molecule has 0 amide bonds. The molecule has 0 fully saturated rings. The van der Waals surface area contributed by atoms with Gasteiger partial charge in [-0.1, -0.05) is 0 Å². The van der Waals surface area contributed by atoms with E-state index in [-0.39, 0.29) is 5.82 Å². The first-order valence-corrected chi connectivity index (χ1v) is 6.60. The van der Waals surface area contributed by atoms with Gasteiger partial charge in [0, 0.05) is 5.69 Å². The van der Waals surface area contributed by atoms with Crippen LogP contribution >= 0.6 is 0 Å². The highest BCUT2D eigenvalue weighted by atomic mass is 19.1. The molecule has 2 aromatic carbocycles. The van der Waals surface area contributed by atoms with Crippen LogP contribution < -0.4 is 11.1 Å². The quantitative estimate of drug-likeness (QED) is 0.666. The summed E-state index contributed by atoms with van der Waals surface area (Å²) in [5, 5.41) is 3.02. The number of anilines is 3. The number of nitrogens with one attached hydrogen (secondary N) is 1. The predicted octanol–water partition coefficient (Wildman–Crippen LogP) is 3.64. The van der Waals surface area contributed by atoms with Gasteiger partial charge in [-0.05, 0) is 55.8 Å². The van der Waals surface area contributed by atoms with E-state index in [2.05, 4.69) is 5.32 Å². The summed E-state index contributed by atoms with van der Waals surface area (Å²) in [6.45, 7) is 3.84. The maximum absolute atomic E-state index is 13.4. The number of aryl methyl sites for hydroxylation is 1. The minimum Gasteiger partial charge on any atom is -0.462 e. The Morgan fingerprint density at radius 1 is 1.29 bits per heavy atom. The zero-order chi connectivity index (χ0) is 15.4. The number of rotatable bonds is 4. The second-order valence-electron chi connectivity index (χ2n) is 4.66. The van der Waals surface area contributed by atoms with Gasteiger partial charge in [0.1, 0.15) is 5.82 Å². The van der Waals surface area contributed by atoms with E-state index < -0.39 is 5.97 Å². The standard InChI is InChI=1S/C16H17FN2O2/c1-3-21-16(20)11-4-5-14(18)15(8-11)19-13-7-10(2)6-12(17)9-13/h4-9,19H,3,18H2,1-2H3. The average molecular weight is 288 g/mol. The summed E-state index contributed by atoms with van der Waals surface area (Å²) in [5.41, 5.74) is 8.62. The first-order valence-electron chi connectivity index (χ1n) is 6.60. The van der Waals surface area contributed by atoms with Gasteiger partial charge in [0.15, 0.2) is 0 Å². The van der Waals surface area contributed by atoms with Crippen LogP contribution in [-0.4, -0.2) is 12.6 Å². The number of hydrogen-bond donors (Lipinski definition) is 2. The Labute approximate surface area is 122 Å². The lowest BCUT2D eigenvalue weighted by Crippen LogP contribution is -2.06. The molecule has 0 spiro atoms. The zero-order valence-electron chi connectivity index (χ0n) is 11.9. The normalized spacial score (nSPS) is 10.2. The van der Waals surface area contributed by atoms with Gasteiger partial charge in [0.05, 0.1) is 23.5 Å². The first kappa shape index (κ1) is 14.8. The minimum absolute atomic E-state index is 0.301. The summed E-state index contributed by atoms with van der Waals surface area (Å²) in [5.74, 6) is -0.756. The van der Waals surface area contributed by atoms with Gasteiger partial charge in [-0.3, -0.25) is 0 Å². The van der Waals surface area contributed by atoms with Gasteiger partial charge in [-0.15, -0.1) is 0 Å². The SMILES string of the molecule is CCOC(=O)c1ccc(N)c(Nc2cc(C)cc(F)c2)c1. The summed E-state index contributed by atoms with van der Waals surface area (Å²) in [6, 6.07) is 9.39. The van der Waals surface area contributed by atoms with Gasteiger partial charge >= 0.3 is 5.97 Å². The van der Waals surface area contributed by atoms with Crippen molar-refractivity contribution in [3.05, 3.63) is 53.3 Å². The molecular weight excluding hydrogens is 271 g/mol. The van der Waals surface area contributed by atoms with Gasteiger partial charge in [0.2, 0.25) is 0 Å². The maximum Gasteiger partial charge on any atom is 0.338 e. The van der Waals surface area contributed by atoms with Crippen LogP contribution in [0.2, 0.25) is 0 Å². The molecular formula is C16H17FN2O2. The van der Waals surface area contributed by atoms with Crippen molar-refractivity contribution in [2.75, 3.05) is 17.7 Å². The Morgan fingerprint density at radius 3 is 2.71 bits per heavy atom. The van der Waals surface area contributed by atoms with E-state index in [0.717, 1.165) is 5.56 Å². The van der Waals surface area contributed by atoms with Crippen LogP contribution in [0.25, 0.3) is 0 Å². The molecule has 0 atom stereocenters. The average Bonchev–Trinajstić information content (AvgIpc) is 2.40. The fourth-order valence-corrected chi connectivity index (χ4v) is 1.97. The number of esters is 1. The molecule has 0 aliphatic heterocycles. The van der Waals surface area contributed by atoms with E-state index in [1.165, 1.54) is 12.1 Å². The van der Waals surface area contributed by atoms with Crippen molar-refractivity contribution in [1.82, 2.24) is 0 Å². The van der Waals surface area contributed by atoms with Crippen LogP contribution in [0.3, 0.4) is 0 Å². The molecule has 2 aromatic rings. The molecule has 3 N–H and O–H groups in total. The van der Waals surface area contributed by atoms with E-state index >= 15 is 0 Å². The highest BCUT2D eigenvalue weighted by Crippen LogP contribution is 2.26. The molecule has 0 saturated heterocycles. The van der Waals surface area contributed by atoms with Crippen LogP contribution in [-0.2, 0) is 4.74 Å². The lowest BCUT2D eigenvalue weighted by atomic mass is 10.1. The van der Waals surface area contributed by atoms with Crippen LogP contribution in [0.15, 0.2) is 36.4 Å². The van der Waals surface area contributed by atoms with Crippen molar-refractivity contribution < 1.29 is 13.9 Å². The predicted molar refractivity (Wildman–Crippen MR) is 81.2 cm³/mol. The van der Waals surface area contributed by atoms with E-state index in [4.69, 9.17) is 10.5 Å². The van der Waals surface area contributed by atoms with Crippen LogP contribution in [0.5, 0.6) is 0 Å². The van der Waals surface area contributed by atoms with Crippen molar-refractivity contribution >= 4 is 23.0 Å². The number of halogens is 1. The third-order valence-corrected chi connectivity index (χ3v) is 2.89. The molecule has 0 aliphatic carbocycles. The van der Waals surface area contributed by atoms with Gasteiger partial charge in [0.25, 0.3) is 0 Å². The molecule has 21 heavy (non-hydrogen) atoms. The fourth-order valence-electron chi connectivity index (χ4n) is 1.97. The molecule has 0 aromatic heterocycles. The topological polar surface area (TPSA) is 64.3 Å². The molecule has 5 heteroatoms. The Balaban J connectivity index is 2.30. The van der Waals surface area contributed by atoms with Crippen molar-refractivity contribution in [2.45, 2.75) is 13.8 Å². The van der Waals surface area contributed by atoms with Gasteiger partial charge in [-0.25, -0.2) is 9.18 Å². The van der Waals surface area contributed by atoms with E-state index in [1.807, 2.05) is 0 Å². The lowest BCUT2D eigenvalue weighted by Gasteiger charge is -2.12. The highest BCUT2D eigenvalue weighted by molar-refractivity contribution is 5.92. The second-order valence-corrected chi connectivity index (χ2v) is 4.66. The number of carbonyl (C=O) groups excluding carboxylic acids is 1. The number of benzene rings is 2. The van der Waals surface area contributed by atoms with Gasteiger partial charge < -0.3 is 15.8 Å². The van der Waals surface area contributed by atoms with Crippen molar-refractivity contribution in [1.29, 1.82) is 0 Å². The minimum atomic E-state index is -0.420. The molecule has 0 aliphatic rings. The molecule has 0 saturated carbocycles. The van der Waals surface area contributed by atoms with E-state index in [0.29, 0.717) is 29.2 Å². The third kappa shape index (κ3) is 3.72. The molecule has 0 bridgehead atoms. The molecule has 0 heterocycles. The molecule has 4 nitrogen and oxygen atoms in total. The number of nitrogens with two attached hydrogens (primary N) is 1. The summed E-state index contributed by atoms with van der Waals surface area (Å²) in [7, 11) is 0. The van der Waals surface area contributed by atoms with Crippen molar-refractivity contribution in [3.63, 3.8) is 0 Å². The molecule has 110 valence electrons. The smallest absolute Gasteiger partial charge is 0.338 e. The summed E-state index contributed by atoms with van der Waals surface area (Å²) in [6.07, 6.45) is 0. The fraction of sp³-hybridized carbons (Fsp3) is 0.188. The van der Waals surface area contributed by atoms with Crippen LogP contribution in [0.4, 0.5) is 21.5 Å². The second kappa shape index (κ2) is 6.26. The Kier molecular flexibility index (Phi) is 4.42. The maximum atomic E-state index is 13.4. The Bertz CT molecular complexity index is 651. The van der Waals surface area contributed by atoms with Crippen molar-refractivity contribution in [3.8, 4) is 0 Å². The molecule has 0 unspecified atom stereocenters. The lowest BCUT2D eigenvalue weighted by molar-refractivity contribution is 0.0526. The highest BCUT2D eigenvalue weighted by Gasteiger charge is 2.10. The Hall–Kier alpha value is -2.56. The summed E-state index contributed by atoms with van der Waals surface area (Å²) in [4.78, 5) is 11.7. The van der Waals surface area contributed by atoms with E-state index in [1.54, 1.807) is 38.1 Å². The van der Waals surface area contributed by atoms with E-state index in [9.17, 15) is 9.18 Å². The number of hydrogen-bond acceptors (Lipinski definition) is 4. The number of carbonyl (C=O) groups is 1. The molecule has 2 rings (SSSR count). The number of ether oxygens (including phenoxy) is 1. The first-order chi connectivity index (χ1) is 9.99. The van der Waals surface area contributed by atoms with Crippen molar-refractivity contribution in [2.24, 2.45) is 0 Å². The summed E-state index contributed by atoms with van der Waals surface area (Å²) < 4.78 is 18.3. The Morgan fingerprint density at radius 2 is 2.05 bits per heavy atom. The monoisotopic (exact) mass is 288 g/mol. The third-order valence-electron chi connectivity index (χ3n) is 2.89. The van der Waals surface area contributed by atoms with Crippen LogP contribution in [0, 0.1) is 12.7 Å². The van der Waals surface area contributed by atoms with Crippen LogP contribution in [0.1, 0.15) is 22.8 Å². The van der Waals surface area contributed by atoms with Gasteiger partial charge in [-0.2, -0.15) is 0 Å². The zero-order valence-corrected chi connectivity index (χ0v) is 11.9.